The second-order valence-corrected chi connectivity index (χ2v) is 6.87. The third kappa shape index (κ3) is 4.48. The van der Waals surface area contributed by atoms with Crippen molar-refractivity contribution in [2.24, 2.45) is 0 Å². The first-order valence-electron chi connectivity index (χ1n) is 8.60. The average Bonchev–Trinajstić information content (AvgIpc) is 2.63. The molecule has 1 N–H and O–H groups in total. The molecule has 2 aromatic rings. The van der Waals surface area contributed by atoms with Crippen molar-refractivity contribution in [2.45, 2.75) is 12.5 Å². The minimum atomic E-state index is -0.0411. The van der Waals surface area contributed by atoms with Crippen molar-refractivity contribution in [1.82, 2.24) is 10.2 Å². The fourth-order valence-corrected chi connectivity index (χ4v) is 3.23. The molecule has 6 heteroatoms. The van der Waals surface area contributed by atoms with Crippen LogP contribution in [0.1, 0.15) is 17.2 Å². The van der Waals surface area contributed by atoms with Gasteiger partial charge in [-0.15, -0.1) is 0 Å². The molecule has 1 aliphatic heterocycles. The van der Waals surface area contributed by atoms with E-state index in [4.69, 9.17) is 21.1 Å². The second-order valence-electron chi connectivity index (χ2n) is 6.46. The van der Waals surface area contributed by atoms with Crippen molar-refractivity contribution in [3.63, 3.8) is 0 Å². The molecule has 1 atom stereocenters. The highest BCUT2D eigenvalue weighted by Crippen LogP contribution is 2.31. The quantitative estimate of drug-likeness (QED) is 0.844. The van der Waals surface area contributed by atoms with Crippen LogP contribution in [0.5, 0.6) is 11.5 Å². The van der Waals surface area contributed by atoms with E-state index in [-0.39, 0.29) is 11.9 Å². The number of nitrogens with zero attached hydrogens (tertiary/aromatic N) is 1. The van der Waals surface area contributed by atoms with Gasteiger partial charge in [0.1, 0.15) is 13.2 Å². The summed E-state index contributed by atoms with van der Waals surface area (Å²) < 4.78 is 11.1. The van der Waals surface area contributed by atoms with E-state index in [0.29, 0.717) is 37.0 Å². The molecule has 0 aliphatic carbocycles. The second kappa shape index (κ2) is 8.43. The predicted octanol–water partition coefficient (Wildman–Crippen LogP) is 3.07. The van der Waals surface area contributed by atoms with Crippen LogP contribution in [-0.2, 0) is 11.2 Å². The number of fused-ring (bicyclic) bond motifs is 1. The maximum Gasteiger partial charge on any atom is 0.224 e. The third-order valence-electron chi connectivity index (χ3n) is 4.35. The van der Waals surface area contributed by atoms with Crippen molar-refractivity contribution in [3.05, 3.63) is 58.6 Å². The summed E-state index contributed by atoms with van der Waals surface area (Å²) in [6.45, 7) is 1.58. The number of halogens is 1. The van der Waals surface area contributed by atoms with Crippen LogP contribution < -0.4 is 14.8 Å². The van der Waals surface area contributed by atoms with Crippen LogP contribution in [0.3, 0.4) is 0 Å². The standard InChI is InChI=1S/C20H23ClN2O3/c1-23(2)17(15-5-3-4-6-16(15)21)13-22-20(24)12-14-7-8-18-19(11-14)26-10-9-25-18/h3-8,11,17H,9-10,12-13H2,1-2H3,(H,22,24). The van der Waals surface area contributed by atoms with Crippen LogP contribution in [0.25, 0.3) is 0 Å². The zero-order valence-corrected chi connectivity index (χ0v) is 15.8. The monoisotopic (exact) mass is 374 g/mol. The number of likely N-dealkylation sites (N-methyl/N-ethyl adjacent to an activating group) is 1. The molecule has 138 valence electrons. The Balaban J connectivity index is 1.61. The summed E-state index contributed by atoms with van der Waals surface area (Å²) in [5.74, 6) is 1.39. The highest BCUT2D eigenvalue weighted by Gasteiger charge is 2.18. The normalized spacial score (nSPS) is 14.2. The number of nitrogens with one attached hydrogen (secondary N) is 1. The lowest BCUT2D eigenvalue weighted by atomic mass is 10.1. The number of carbonyl (C=O) groups is 1. The van der Waals surface area contributed by atoms with Gasteiger partial charge in [-0.3, -0.25) is 4.79 Å². The Kier molecular flexibility index (Phi) is 6.01. The van der Waals surface area contributed by atoms with Gasteiger partial charge in [-0.2, -0.15) is 0 Å². The third-order valence-corrected chi connectivity index (χ3v) is 4.70. The van der Waals surface area contributed by atoms with Crippen LogP contribution in [0.2, 0.25) is 5.02 Å². The molecule has 0 fully saturated rings. The molecular formula is C20H23ClN2O3. The minimum Gasteiger partial charge on any atom is -0.486 e. The topological polar surface area (TPSA) is 50.8 Å². The van der Waals surface area contributed by atoms with Crippen LogP contribution in [0, 0.1) is 0 Å². The van der Waals surface area contributed by atoms with Gasteiger partial charge in [-0.05, 0) is 43.4 Å². The molecule has 1 amide bonds. The number of carbonyl (C=O) groups excluding carboxylic acids is 1. The fourth-order valence-electron chi connectivity index (χ4n) is 2.97. The summed E-state index contributed by atoms with van der Waals surface area (Å²) in [5, 5.41) is 3.71. The molecule has 0 bridgehead atoms. The number of amides is 1. The molecule has 1 aliphatic rings. The van der Waals surface area contributed by atoms with E-state index in [0.717, 1.165) is 16.9 Å². The van der Waals surface area contributed by atoms with Gasteiger partial charge in [0.25, 0.3) is 0 Å². The Labute approximate surface area is 158 Å². The summed E-state index contributed by atoms with van der Waals surface area (Å²) >= 11 is 6.31. The molecule has 0 spiro atoms. The lowest BCUT2D eigenvalue weighted by Crippen LogP contribution is -2.35. The molecular weight excluding hydrogens is 352 g/mol. The molecule has 0 radical (unpaired) electrons. The molecule has 1 heterocycles. The molecule has 2 aromatic carbocycles. The predicted molar refractivity (Wildman–Crippen MR) is 102 cm³/mol. The van der Waals surface area contributed by atoms with Crippen molar-refractivity contribution < 1.29 is 14.3 Å². The van der Waals surface area contributed by atoms with Gasteiger partial charge in [-0.1, -0.05) is 35.9 Å². The summed E-state index contributed by atoms with van der Waals surface area (Å²) in [4.78, 5) is 14.4. The van der Waals surface area contributed by atoms with Gasteiger partial charge in [0.2, 0.25) is 5.91 Å². The SMILES string of the molecule is CN(C)C(CNC(=O)Cc1ccc2c(c1)OCCO2)c1ccccc1Cl. The maximum absolute atomic E-state index is 12.4. The van der Waals surface area contributed by atoms with Gasteiger partial charge >= 0.3 is 0 Å². The number of benzene rings is 2. The van der Waals surface area contributed by atoms with Crippen LogP contribution in [0.4, 0.5) is 0 Å². The van der Waals surface area contributed by atoms with E-state index in [1.807, 2.05) is 61.5 Å². The molecule has 1 unspecified atom stereocenters. The molecule has 3 rings (SSSR count). The largest absolute Gasteiger partial charge is 0.486 e. The minimum absolute atomic E-state index is 0.00733. The van der Waals surface area contributed by atoms with Crippen LogP contribution in [-0.4, -0.2) is 44.7 Å². The van der Waals surface area contributed by atoms with Gasteiger partial charge in [0.05, 0.1) is 12.5 Å². The zero-order valence-electron chi connectivity index (χ0n) is 15.0. The number of ether oxygens (including phenoxy) is 2. The number of hydrogen-bond donors (Lipinski definition) is 1. The Morgan fingerprint density at radius 2 is 1.88 bits per heavy atom. The van der Waals surface area contributed by atoms with Gasteiger partial charge < -0.3 is 19.7 Å². The lowest BCUT2D eigenvalue weighted by molar-refractivity contribution is -0.120. The number of hydrogen-bond acceptors (Lipinski definition) is 4. The van der Waals surface area contributed by atoms with Gasteiger partial charge in [0.15, 0.2) is 11.5 Å². The van der Waals surface area contributed by atoms with E-state index >= 15 is 0 Å². The van der Waals surface area contributed by atoms with Gasteiger partial charge in [-0.25, -0.2) is 0 Å². The first-order chi connectivity index (χ1) is 12.5. The van der Waals surface area contributed by atoms with Crippen molar-refractivity contribution in [2.75, 3.05) is 33.9 Å². The van der Waals surface area contributed by atoms with E-state index in [1.54, 1.807) is 0 Å². The maximum atomic E-state index is 12.4. The summed E-state index contributed by atoms with van der Waals surface area (Å²) in [7, 11) is 3.95. The number of rotatable bonds is 6. The smallest absolute Gasteiger partial charge is 0.224 e. The van der Waals surface area contributed by atoms with Crippen molar-refractivity contribution >= 4 is 17.5 Å². The Bertz CT molecular complexity index is 779. The summed E-state index contributed by atoms with van der Waals surface area (Å²) in [6.07, 6.45) is 0.291. The Hall–Kier alpha value is -2.24. The Morgan fingerprint density at radius 1 is 1.15 bits per heavy atom. The van der Waals surface area contributed by atoms with Gasteiger partial charge in [0, 0.05) is 11.6 Å². The molecule has 0 saturated heterocycles. The van der Waals surface area contributed by atoms with Crippen molar-refractivity contribution in [3.8, 4) is 11.5 Å². The average molecular weight is 375 g/mol. The fraction of sp³-hybridized carbons (Fsp3) is 0.350. The molecule has 0 aromatic heterocycles. The first-order valence-corrected chi connectivity index (χ1v) is 8.98. The summed E-state index contributed by atoms with van der Waals surface area (Å²) in [6, 6.07) is 13.3. The highest BCUT2D eigenvalue weighted by molar-refractivity contribution is 6.31. The van der Waals surface area contributed by atoms with E-state index < -0.39 is 0 Å². The molecule has 0 saturated carbocycles. The molecule has 26 heavy (non-hydrogen) atoms. The lowest BCUT2D eigenvalue weighted by Gasteiger charge is -2.26. The Morgan fingerprint density at radius 3 is 2.62 bits per heavy atom. The van der Waals surface area contributed by atoms with E-state index in [9.17, 15) is 4.79 Å². The zero-order chi connectivity index (χ0) is 18.5. The van der Waals surface area contributed by atoms with E-state index in [1.165, 1.54) is 0 Å². The first kappa shape index (κ1) is 18.5. The summed E-state index contributed by atoms with van der Waals surface area (Å²) in [5.41, 5.74) is 1.89. The van der Waals surface area contributed by atoms with Crippen LogP contribution >= 0.6 is 11.6 Å². The molecule has 5 nitrogen and oxygen atoms in total. The van der Waals surface area contributed by atoms with E-state index in [2.05, 4.69) is 5.32 Å². The van der Waals surface area contributed by atoms with Crippen LogP contribution in [0.15, 0.2) is 42.5 Å². The highest BCUT2D eigenvalue weighted by atomic mass is 35.5. The van der Waals surface area contributed by atoms with Crippen molar-refractivity contribution in [1.29, 1.82) is 0 Å².